The van der Waals surface area contributed by atoms with E-state index >= 15 is 0 Å². The van der Waals surface area contributed by atoms with E-state index in [4.69, 9.17) is 5.26 Å². The van der Waals surface area contributed by atoms with Gasteiger partial charge in [-0.25, -0.2) is 0 Å². The molecule has 0 fully saturated rings. The van der Waals surface area contributed by atoms with Crippen LogP contribution in [0.4, 0.5) is 0 Å². The molecule has 0 bridgehead atoms. The van der Waals surface area contributed by atoms with Crippen LogP contribution in [0.1, 0.15) is 11.1 Å². The molecule has 0 aromatic heterocycles. The van der Waals surface area contributed by atoms with Crippen molar-refractivity contribution in [3.8, 4) is 17.2 Å². The Labute approximate surface area is 146 Å². The van der Waals surface area contributed by atoms with Gasteiger partial charge >= 0.3 is 0 Å². The molecule has 5 aromatic carbocycles. The summed E-state index contributed by atoms with van der Waals surface area (Å²) in [6, 6.07) is 27.9. The first kappa shape index (κ1) is 14.0. The first-order valence-corrected chi connectivity index (χ1v) is 8.44. The van der Waals surface area contributed by atoms with Crippen molar-refractivity contribution in [2.75, 3.05) is 0 Å². The van der Waals surface area contributed by atoms with Crippen LogP contribution < -0.4 is 0 Å². The van der Waals surface area contributed by atoms with Gasteiger partial charge in [0.1, 0.15) is 0 Å². The predicted molar refractivity (Wildman–Crippen MR) is 105 cm³/mol. The van der Waals surface area contributed by atoms with Crippen molar-refractivity contribution in [2.24, 2.45) is 0 Å². The fourth-order valence-electron chi connectivity index (χ4n) is 4.01. The molecule has 0 saturated carbocycles. The quantitative estimate of drug-likeness (QED) is 0.327. The average Bonchev–Trinajstić information content (AvgIpc) is 2.66. The zero-order chi connectivity index (χ0) is 17.0. The van der Waals surface area contributed by atoms with E-state index in [0.717, 1.165) is 5.56 Å². The van der Waals surface area contributed by atoms with E-state index in [-0.39, 0.29) is 0 Å². The maximum Gasteiger partial charge on any atom is 0.0991 e. The smallest absolute Gasteiger partial charge is 0.0991 e. The monoisotopic (exact) mass is 317 g/mol. The van der Waals surface area contributed by atoms with Gasteiger partial charge < -0.3 is 0 Å². The fraction of sp³-hybridized carbons (Fsp3) is 0.0417. The summed E-state index contributed by atoms with van der Waals surface area (Å²) in [6.07, 6.45) is 0. The van der Waals surface area contributed by atoms with E-state index < -0.39 is 0 Å². The largest absolute Gasteiger partial charge is 0.192 e. The van der Waals surface area contributed by atoms with Crippen LogP contribution in [0.2, 0.25) is 0 Å². The number of hydrogen-bond acceptors (Lipinski definition) is 1. The minimum absolute atomic E-state index is 0.707. The second-order valence-electron chi connectivity index (χ2n) is 6.61. The van der Waals surface area contributed by atoms with E-state index in [1.54, 1.807) is 0 Å². The molecule has 0 N–H and O–H groups in total. The zero-order valence-corrected chi connectivity index (χ0v) is 13.9. The SMILES string of the molecule is Cc1cc(C#N)ccc1-c1ccc2ccc3cccc4ccc1c2c34. The molecule has 0 radical (unpaired) electrons. The molecule has 5 rings (SSSR count). The minimum atomic E-state index is 0.707. The number of nitrogens with zero attached hydrogens (tertiary/aromatic N) is 1. The van der Waals surface area contributed by atoms with Gasteiger partial charge in [0, 0.05) is 0 Å². The first-order chi connectivity index (χ1) is 12.3. The summed E-state index contributed by atoms with van der Waals surface area (Å²) in [6.45, 7) is 2.08. The standard InChI is InChI=1S/C24H15N/c1-15-13-16(14-25)5-10-20(15)21-11-8-19-7-6-17-3-2-4-18-9-12-22(21)24(19)23(17)18/h2-13H,1H3. The van der Waals surface area contributed by atoms with E-state index in [9.17, 15) is 0 Å². The lowest BCUT2D eigenvalue weighted by Crippen LogP contribution is -1.89. The lowest BCUT2D eigenvalue weighted by molar-refractivity contribution is 1.42. The van der Waals surface area contributed by atoms with E-state index in [1.165, 1.54) is 43.4 Å². The third-order valence-electron chi connectivity index (χ3n) is 5.17. The molecule has 0 aliphatic rings. The highest BCUT2D eigenvalue weighted by molar-refractivity contribution is 6.25. The van der Waals surface area contributed by atoms with Crippen LogP contribution >= 0.6 is 0 Å². The number of rotatable bonds is 1. The summed E-state index contributed by atoms with van der Waals surface area (Å²) < 4.78 is 0. The van der Waals surface area contributed by atoms with E-state index in [0.29, 0.717) is 5.56 Å². The van der Waals surface area contributed by atoms with Crippen molar-refractivity contribution < 1.29 is 0 Å². The van der Waals surface area contributed by atoms with Crippen LogP contribution in [-0.2, 0) is 0 Å². The molecule has 0 aliphatic carbocycles. The van der Waals surface area contributed by atoms with Gasteiger partial charge in [-0.2, -0.15) is 5.26 Å². The van der Waals surface area contributed by atoms with Gasteiger partial charge in [-0.15, -0.1) is 0 Å². The van der Waals surface area contributed by atoms with E-state index in [2.05, 4.69) is 73.7 Å². The van der Waals surface area contributed by atoms with Crippen LogP contribution in [0.5, 0.6) is 0 Å². The second-order valence-corrected chi connectivity index (χ2v) is 6.61. The molecule has 25 heavy (non-hydrogen) atoms. The van der Waals surface area contributed by atoms with Crippen molar-refractivity contribution in [2.45, 2.75) is 6.92 Å². The summed E-state index contributed by atoms with van der Waals surface area (Å²) in [5.41, 5.74) is 4.26. The number of benzene rings is 5. The normalized spacial score (nSPS) is 11.4. The molecule has 0 saturated heterocycles. The highest BCUT2D eigenvalue weighted by atomic mass is 14.2. The number of nitriles is 1. The van der Waals surface area contributed by atoms with Crippen molar-refractivity contribution >= 4 is 32.3 Å². The van der Waals surface area contributed by atoms with Gasteiger partial charge in [-0.05, 0) is 68.1 Å². The Morgan fingerprint density at radius 3 is 2.04 bits per heavy atom. The Kier molecular flexibility index (Phi) is 2.84. The maximum atomic E-state index is 9.13. The minimum Gasteiger partial charge on any atom is -0.192 e. The molecule has 0 heterocycles. The third kappa shape index (κ3) is 1.95. The third-order valence-corrected chi connectivity index (χ3v) is 5.17. The van der Waals surface area contributed by atoms with Gasteiger partial charge in [0.15, 0.2) is 0 Å². The fourth-order valence-corrected chi connectivity index (χ4v) is 4.01. The molecule has 0 aliphatic heterocycles. The summed E-state index contributed by atoms with van der Waals surface area (Å²) in [4.78, 5) is 0. The Hall–Kier alpha value is -3.37. The summed E-state index contributed by atoms with van der Waals surface area (Å²) in [5, 5.41) is 16.9. The van der Waals surface area contributed by atoms with Crippen LogP contribution in [0.25, 0.3) is 43.4 Å². The van der Waals surface area contributed by atoms with Gasteiger partial charge in [0.25, 0.3) is 0 Å². The average molecular weight is 317 g/mol. The Bertz CT molecular complexity index is 1290. The highest BCUT2D eigenvalue weighted by Crippen LogP contribution is 2.39. The molecule has 0 atom stereocenters. The van der Waals surface area contributed by atoms with Crippen molar-refractivity contribution in [1.29, 1.82) is 5.26 Å². The molecule has 116 valence electrons. The van der Waals surface area contributed by atoms with Crippen molar-refractivity contribution in [3.63, 3.8) is 0 Å². The van der Waals surface area contributed by atoms with Crippen molar-refractivity contribution in [3.05, 3.63) is 83.9 Å². The van der Waals surface area contributed by atoms with Crippen molar-refractivity contribution in [1.82, 2.24) is 0 Å². The van der Waals surface area contributed by atoms with Gasteiger partial charge in [-0.1, -0.05) is 60.7 Å². The van der Waals surface area contributed by atoms with Gasteiger partial charge in [0.05, 0.1) is 11.6 Å². The summed E-state index contributed by atoms with van der Waals surface area (Å²) in [7, 11) is 0. The Balaban J connectivity index is 1.93. The number of hydrogen-bond donors (Lipinski definition) is 0. The number of aryl methyl sites for hydroxylation is 1. The van der Waals surface area contributed by atoms with Gasteiger partial charge in [0.2, 0.25) is 0 Å². The van der Waals surface area contributed by atoms with Crippen LogP contribution in [0.3, 0.4) is 0 Å². The Morgan fingerprint density at radius 1 is 0.680 bits per heavy atom. The molecular formula is C24H15N. The molecule has 1 heteroatoms. The molecular weight excluding hydrogens is 302 g/mol. The predicted octanol–water partition coefficient (Wildman–Crippen LogP) is 6.43. The molecule has 5 aromatic rings. The van der Waals surface area contributed by atoms with Crippen LogP contribution in [0, 0.1) is 18.3 Å². The molecule has 0 amide bonds. The lowest BCUT2D eigenvalue weighted by Gasteiger charge is -2.15. The zero-order valence-electron chi connectivity index (χ0n) is 13.9. The molecule has 1 nitrogen and oxygen atoms in total. The first-order valence-electron chi connectivity index (χ1n) is 8.44. The highest BCUT2D eigenvalue weighted by Gasteiger charge is 2.13. The molecule has 0 spiro atoms. The lowest BCUT2D eigenvalue weighted by atomic mass is 9.88. The maximum absolute atomic E-state index is 9.13. The summed E-state index contributed by atoms with van der Waals surface area (Å²) in [5.74, 6) is 0. The summed E-state index contributed by atoms with van der Waals surface area (Å²) >= 11 is 0. The Morgan fingerprint density at radius 2 is 1.32 bits per heavy atom. The van der Waals surface area contributed by atoms with Crippen LogP contribution in [-0.4, -0.2) is 0 Å². The second kappa shape index (κ2) is 5.06. The van der Waals surface area contributed by atoms with Gasteiger partial charge in [-0.3, -0.25) is 0 Å². The molecule has 0 unspecified atom stereocenters. The van der Waals surface area contributed by atoms with Crippen LogP contribution in [0.15, 0.2) is 72.8 Å². The topological polar surface area (TPSA) is 23.8 Å². The van der Waals surface area contributed by atoms with E-state index in [1.807, 2.05) is 12.1 Å².